The molecule has 0 atom stereocenters. The molecule has 1 amide bonds. The predicted molar refractivity (Wildman–Crippen MR) is 97.9 cm³/mol. The van der Waals surface area contributed by atoms with Gasteiger partial charge in [-0.25, -0.2) is 4.39 Å². The Balaban J connectivity index is 1.53. The molecule has 0 saturated carbocycles. The maximum Gasteiger partial charge on any atom is 0.244 e. The van der Waals surface area contributed by atoms with E-state index in [9.17, 15) is 9.18 Å². The topological polar surface area (TPSA) is 41.4 Å². The summed E-state index contributed by atoms with van der Waals surface area (Å²) in [5.74, 6) is -0.261. The van der Waals surface area contributed by atoms with Gasteiger partial charge in [-0.05, 0) is 40.5 Å². The molecule has 5 nitrogen and oxygen atoms in total. The van der Waals surface area contributed by atoms with Crippen molar-refractivity contribution in [3.8, 4) is 0 Å². The molecule has 0 bridgehead atoms. The number of piperazine rings is 1. The molecule has 1 aliphatic rings. The lowest BCUT2D eigenvalue weighted by atomic mass is 10.2. The Morgan fingerprint density at radius 2 is 2.04 bits per heavy atom. The van der Waals surface area contributed by atoms with Crippen LogP contribution in [-0.2, 0) is 17.9 Å². The van der Waals surface area contributed by atoms with Gasteiger partial charge in [-0.1, -0.05) is 17.7 Å². The molecule has 8 heteroatoms. The van der Waals surface area contributed by atoms with Gasteiger partial charge >= 0.3 is 0 Å². The van der Waals surface area contributed by atoms with Crippen LogP contribution in [0.15, 0.2) is 28.9 Å². The number of carbonyl (C=O) groups excluding carboxylic acids is 1. The van der Waals surface area contributed by atoms with Crippen LogP contribution in [-0.4, -0.2) is 51.7 Å². The number of aromatic nitrogens is 2. The number of nitrogens with zero attached hydrogens (tertiary/aromatic N) is 4. The van der Waals surface area contributed by atoms with Gasteiger partial charge < -0.3 is 4.90 Å². The molecule has 1 aromatic carbocycles. The standard InChI is InChI=1S/C17H19BrClFN4O/c1-12-15(18)9-21-24(12)11-17(25)23-6-4-22(5-7-23)10-13-2-3-14(20)8-16(13)19/h2-3,8-9H,4-7,10-11H2,1H3. The summed E-state index contributed by atoms with van der Waals surface area (Å²) < 4.78 is 15.7. The van der Waals surface area contributed by atoms with Gasteiger partial charge in [-0.3, -0.25) is 14.4 Å². The van der Waals surface area contributed by atoms with E-state index in [0.717, 1.165) is 28.8 Å². The molecule has 2 heterocycles. The molecule has 0 aliphatic carbocycles. The Labute approximate surface area is 159 Å². The van der Waals surface area contributed by atoms with E-state index in [-0.39, 0.29) is 18.3 Å². The molecule has 134 valence electrons. The monoisotopic (exact) mass is 428 g/mol. The zero-order valence-electron chi connectivity index (χ0n) is 13.9. The van der Waals surface area contributed by atoms with Gasteiger partial charge in [0.05, 0.1) is 16.4 Å². The van der Waals surface area contributed by atoms with Crippen molar-refractivity contribution in [2.45, 2.75) is 20.0 Å². The van der Waals surface area contributed by atoms with Gasteiger partial charge in [0.15, 0.2) is 0 Å². The highest BCUT2D eigenvalue weighted by Gasteiger charge is 2.22. The Bertz CT molecular complexity index is 774. The summed E-state index contributed by atoms with van der Waals surface area (Å²) in [6.45, 7) is 5.70. The highest BCUT2D eigenvalue weighted by atomic mass is 79.9. The van der Waals surface area contributed by atoms with E-state index < -0.39 is 0 Å². The van der Waals surface area contributed by atoms with Gasteiger partial charge in [0, 0.05) is 37.7 Å². The number of amides is 1. The number of benzene rings is 1. The molecule has 1 aliphatic heterocycles. The Hall–Kier alpha value is -1.44. The lowest BCUT2D eigenvalue weighted by Crippen LogP contribution is -2.49. The largest absolute Gasteiger partial charge is 0.339 e. The summed E-state index contributed by atoms with van der Waals surface area (Å²) in [6.07, 6.45) is 1.70. The van der Waals surface area contributed by atoms with Crippen molar-refractivity contribution < 1.29 is 9.18 Å². The number of halogens is 3. The van der Waals surface area contributed by atoms with Crippen LogP contribution in [0.25, 0.3) is 0 Å². The molecule has 0 radical (unpaired) electrons. The minimum absolute atomic E-state index is 0.0677. The quantitative estimate of drug-likeness (QED) is 0.750. The number of hydrogen-bond donors (Lipinski definition) is 0. The average molecular weight is 430 g/mol. The first-order valence-electron chi connectivity index (χ1n) is 8.06. The van der Waals surface area contributed by atoms with E-state index in [4.69, 9.17) is 11.6 Å². The van der Waals surface area contributed by atoms with Crippen molar-refractivity contribution in [2.24, 2.45) is 0 Å². The van der Waals surface area contributed by atoms with Gasteiger partial charge in [0.2, 0.25) is 5.91 Å². The summed E-state index contributed by atoms with van der Waals surface area (Å²) in [5.41, 5.74) is 1.85. The fourth-order valence-corrected chi connectivity index (χ4v) is 3.38. The zero-order chi connectivity index (χ0) is 18.0. The van der Waals surface area contributed by atoms with Crippen molar-refractivity contribution in [1.29, 1.82) is 0 Å². The normalized spacial score (nSPS) is 15.6. The van der Waals surface area contributed by atoms with Gasteiger partial charge in [-0.2, -0.15) is 5.10 Å². The summed E-state index contributed by atoms with van der Waals surface area (Å²) in [5, 5.41) is 4.65. The second kappa shape index (κ2) is 7.85. The summed E-state index contributed by atoms with van der Waals surface area (Å²) in [7, 11) is 0. The van der Waals surface area contributed by atoms with Gasteiger partial charge in [0.25, 0.3) is 0 Å². The number of carbonyl (C=O) groups is 1. The molecular weight excluding hydrogens is 411 g/mol. The number of hydrogen-bond acceptors (Lipinski definition) is 3. The molecule has 25 heavy (non-hydrogen) atoms. The van der Waals surface area contributed by atoms with E-state index in [1.54, 1.807) is 16.9 Å². The first-order valence-corrected chi connectivity index (χ1v) is 9.23. The van der Waals surface area contributed by atoms with Gasteiger partial charge in [0.1, 0.15) is 12.4 Å². The molecule has 1 fully saturated rings. The third-order valence-electron chi connectivity index (χ3n) is 4.46. The fourth-order valence-electron chi connectivity index (χ4n) is 2.86. The van der Waals surface area contributed by atoms with Crippen LogP contribution in [0.4, 0.5) is 4.39 Å². The van der Waals surface area contributed by atoms with E-state index in [2.05, 4.69) is 25.9 Å². The Morgan fingerprint density at radius 3 is 2.64 bits per heavy atom. The SMILES string of the molecule is Cc1c(Br)cnn1CC(=O)N1CCN(Cc2ccc(F)cc2Cl)CC1. The molecule has 0 N–H and O–H groups in total. The molecule has 1 aromatic heterocycles. The molecule has 1 saturated heterocycles. The third-order valence-corrected chi connectivity index (χ3v) is 5.59. The summed E-state index contributed by atoms with van der Waals surface area (Å²) in [4.78, 5) is 16.5. The van der Waals surface area contributed by atoms with Crippen LogP contribution in [0.3, 0.4) is 0 Å². The summed E-state index contributed by atoms with van der Waals surface area (Å²) in [6, 6.07) is 4.47. The van der Waals surface area contributed by atoms with Crippen LogP contribution in [0.5, 0.6) is 0 Å². The highest BCUT2D eigenvalue weighted by Crippen LogP contribution is 2.20. The van der Waals surface area contributed by atoms with Crippen molar-refractivity contribution in [3.63, 3.8) is 0 Å². The smallest absolute Gasteiger partial charge is 0.244 e. The predicted octanol–water partition coefficient (Wildman–Crippen LogP) is 3.09. The lowest BCUT2D eigenvalue weighted by Gasteiger charge is -2.35. The van der Waals surface area contributed by atoms with E-state index in [1.807, 2.05) is 11.8 Å². The molecule has 0 unspecified atom stereocenters. The van der Waals surface area contributed by atoms with E-state index in [0.29, 0.717) is 24.7 Å². The van der Waals surface area contributed by atoms with Crippen molar-refractivity contribution in [2.75, 3.05) is 26.2 Å². The molecular formula is C17H19BrClFN4O. The maximum atomic E-state index is 13.1. The maximum absolute atomic E-state index is 13.1. The summed E-state index contributed by atoms with van der Waals surface area (Å²) >= 11 is 9.49. The van der Waals surface area contributed by atoms with E-state index >= 15 is 0 Å². The first-order chi connectivity index (χ1) is 11.9. The Kier molecular flexibility index (Phi) is 5.76. The molecule has 2 aromatic rings. The third kappa shape index (κ3) is 4.40. The zero-order valence-corrected chi connectivity index (χ0v) is 16.2. The minimum Gasteiger partial charge on any atom is -0.339 e. The van der Waals surface area contributed by atoms with Crippen LogP contribution >= 0.6 is 27.5 Å². The molecule has 0 spiro atoms. The van der Waals surface area contributed by atoms with Crippen LogP contribution < -0.4 is 0 Å². The van der Waals surface area contributed by atoms with Crippen molar-refractivity contribution in [1.82, 2.24) is 19.6 Å². The minimum atomic E-state index is -0.329. The van der Waals surface area contributed by atoms with Crippen molar-refractivity contribution in [3.05, 3.63) is 51.0 Å². The van der Waals surface area contributed by atoms with Crippen LogP contribution in [0.2, 0.25) is 5.02 Å². The van der Waals surface area contributed by atoms with Crippen LogP contribution in [0.1, 0.15) is 11.3 Å². The number of rotatable bonds is 4. The highest BCUT2D eigenvalue weighted by molar-refractivity contribution is 9.10. The van der Waals surface area contributed by atoms with Crippen molar-refractivity contribution >= 4 is 33.4 Å². The Morgan fingerprint density at radius 1 is 1.32 bits per heavy atom. The average Bonchev–Trinajstić information content (AvgIpc) is 2.90. The lowest BCUT2D eigenvalue weighted by molar-refractivity contribution is -0.133. The van der Waals surface area contributed by atoms with Crippen LogP contribution in [0, 0.1) is 12.7 Å². The fraction of sp³-hybridized carbons (Fsp3) is 0.412. The molecule has 3 rings (SSSR count). The van der Waals surface area contributed by atoms with Gasteiger partial charge in [-0.15, -0.1) is 0 Å². The second-order valence-corrected chi connectivity index (χ2v) is 7.39. The van der Waals surface area contributed by atoms with E-state index in [1.165, 1.54) is 12.1 Å². The first kappa shape index (κ1) is 18.4. The second-order valence-electron chi connectivity index (χ2n) is 6.13.